The molecule has 3 aromatic rings. The lowest BCUT2D eigenvalue weighted by Gasteiger charge is -2.23. The standard InChI is InChI=1S/C27H29NO8S/c1-18-5-9-21(10-6-18)34-36-37-35-22-13-14-23(26(30)31)24(15-22)25(29)28-19-7-11-20(12-8-19)33-17-27(2,3)16-32-4/h5-15H,16-17H2,1-4H3,(H,28,29)(H,30,31). The van der Waals surface area contributed by atoms with Crippen molar-refractivity contribution in [1.82, 2.24) is 0 Å². The Morgan fingerprint density at radius 1 is 0.892 bits per heavy atom. The Morgan fingerprint density at radius 2 is 1.54 bits per heavy atom. The summed E-state index contributed by atoms with van der Waals surface area (Å²) in [6.45, 7) is 7.03. The van der Waals surface area contributed by atoms with E-state index in [-0.39, 0.29) is 22.3 Å². The number of ether oxygens (including phenoxy) is 2. The number of methoxy groups -OCH3 is 1. The van der Waals surface area contributed by atoms with Gasteiger partial charge >= 0.3 is 5.97 Å². The minimum atomic E-state index is -1.24. The molecule has 0 heterocycles. The van der Waals surface area contributed by atoms with Crippen molar-refractivity contribution in [3.63, 3.8) is 0 Å². The molecular weight excluding hydrogens is 498 g/mol. The number of carbonyl (C=O) groups is 2. The van der Waals surface area contributed by atoms with Crippen LogP contribution in [0.3, 0.4) is 0 Å². The highest BCUT2D eigenvalue weighted by molar-refractivity contribution is 7.90. The molecular formula is C27H29NO8S. The molecule has 0 saturated heterocycles. The Labute approximate surface area is 220 Å². The summed E-state index contributed by atoms with van der Waals surface area (Å²) in [5.74, 6) is -0.535. The van der Waals surface area contributed by atoms with Crippen molar-refractivity contribution < 1.29 is 37.6 Å². The largest absolute Gasteiger partial charge is 0.493 e. The van der Waals surface area contributed by atoms with Crippen molar-refractivity contribution in [2.75, 3.05) is 25.6 Å². The number of hydrogen-bond acceptors (Lipinski definition) is 8. The van der Waals surface area contributed by atoms with Gasteiger partial charge in [-0.15, -0.1) is 0 Å². The van der Waals surface area contributed by atoms with Gasteiger partial charge in [-0.1, -0.05) is 35.9 Å². The first-order chi connectivity index (χ1) is 17.7. The van der Waals surface area contributed by atoms with Crippen molar-refractivity contribution in [3.05, 3.63) is 83.4 Å². The molecule has 3 aromatic carbocycles. The van der Waals surface area contributed by atoms with E-state index >= 15 is 0 Å². The number of anilines is 1. The van der Waals surface area contributed by atoms with Gasteiger partial charge in [-0.3, -0.25) is 4.79 Å². The summed E-state index contributed by atoms with van der Waals surface area (Å²) >= 11 is 0.532. The maximum absolute atomic E-state index is 12.9. The highest BCUT2D eigenvalue weighted by atomic mass is 32.2. The first-order valence-corrected chi connectivity index (χ1v) is 12.0. The maximum Gasteiger partial charge on any atom is 0.336 e. The van der Waals surface area contributed by atoms with Crippen LogP contribution in [0.2, 0.25) is 0 Å². The molecule has 0 spiro atoms. The predicted molar refractivity (Wildman–Crippen MR) is 140 cm³/mol. The lowest BCUT2D eigenvalue weighted by molar-refractivity contribution is -0.0833. The molecule has 3 rings (SSSR count). The Kier molecular flexibility index (Phi) is 9.78. The van der Waals surface area contributed by atoms with Crippen LogP contribution in [0, 0.1) is 12.3 Å². The third-order valence-electron chi connectivity index (χ3n) is 5.05. The number of amides is 1. The average Bonchev–Trinajstić information content (AvgIpc) is 2.87. The summed E-state index contributed by atoms with van der Waals surface area (Å²) in [4.78, 5) is 29.7. The topological polar surface area (TPSA) is 113 Å². The van der Waals surface area contributed by atoms with Gasteiger partial charge < -0.3 is 29.0 Å². The Balaban J connectivity index is 1.60. The third-order valence-corrected chi connectivity index (χ3v) is 5.44. The van der Waals surface area contributed by atoms with Crippen molar-refractivity contribution in [2.45, 2.75) is 20.8 Å². The molecule has 1 amide bonds. The van der Waals surface area contributed by atoms with Gasteiger partial charge in [-0.05, 0) is 61.5 Å². The summed E-state index contributed by atoms with van der Waals surface area (Å²) in [7, 11) is 1.64. The van der Waals surface area contributed by atoms with E-state index in [0.29, 0.717) is 42.7 Å². The lowest BCUT2D eigenvalue weighted by atomic mass is 9.96. The van der Waals surface area contributed by atoms with Crippen LogP contribution in [0.25, 0.3) is 0 Å². The summed E-state index contributed by atoms with van der Waals surface area (Å²) in [5.41, 5.74) is 1.14. The van der Waals surface area contributed by atoms with Crippen molar-refractivity contribution >= 4 is 29.9 Å². The van der Waals surface area contributed by atoms with Gasteiger partial charge in [0.25, 0.3) is 18.2 Å². The molecule has 0 aliphatic rings. The first-order valence-electron chi connectivity index (χ1n) is 11.3. The zero-order valence-electron chi connectivity index (χ0n) is 21.0. The Bertz CT molecular complexity index is 1200. The van der Waals surface area contributed by atoms with Crippen molar-refractivity contribution in [1.29, 1.82) is 0 Å². The second kappa shape index (κ2) is 13.0. The van der Waals surface area contributed by atoms with Crippen molar-refractivity contribution in [3.8, 4) is 17.2 Å². The number of carboxylic acid groups (broad SMARTS) is 1. The minimum absolute atomic E-state index is 0.0771. The molecule has 0 fully saturated rings. The molecule has 0 atom stereocenters. The molecule has 2 N–H and O–H groups in total. The van der Waals surface area contributed by atoms with E-state index in [1.165, 1.54) is 18.2 Å². The normalized spacial score (nSPS) is 11.0. The van der Waals surface area contributed by atoms with E-state index in [0.717, 1.165) is 5.56 Å². The van der Waals surface area contributed by atoms with E-state index < -0.39 is 11.9 Å². The van der Waals surface area contributed by atoms with Crippen molar-refractivity contribution in [2.24, 2.45) is 5.41 Å². The fourth-order valence-corrected chi connectivity index (χ4v) is 3.51. The van der Waals surface area contributed by atoms with E-state index in [1.807, 2.05) is 32.9 Å². The van der Waals surface area contributed by atoms with Gasteiger partial charge in [-0.2, -0.15) is 0 Å². The van der Waals surface area contributed by atoms with Crippen LogP contribution >= 0.6 is 12.3 Å². The van der Waals surface area contributed by atoms with Gasteiger partial charge in [0.1, 0.15) is 11.5 Å². The number of rotatable bonds is 13. The SMILES string of the molecule is COCC(C)(C)COc1ccc(NC(=O)c2cc(OSOOc3ccc(C)cc3)ccc2C(=O)O)cc1. The molecule has 0 aliphatic heterocycles. The molecule has 196 valence electrons. The third kappa shape index (κ3) is 8.71. The van der Waals surface area contributed by atoms with Crippen LogP contribution < -0.4 is 19.1 Å². The van der Waals surface area contributed by atoms with Crippen LogP contribution in [-0.4, -0.2) is 37.3 Å². The van der Waals surface area contributed by atoms with Crippen LogP contribution in [0.5, 0.6) is 17.2 Å². The molecule has 37 heavy (non-hydrogen) atoms. The quantitative estimate of drug-likeness (QED) is 0.120. The molecule has 0 aliphatic carbocycles. The smallest absolute Gasteiger partial charge is 0.336 e. The van der Waals surface area contributed by atoms with Crippen LogP contribution in [0.15, 0.2) is 66.7 Å². The second-order valence-electron chi connectivity index (χ2n) is 8.99. The summed E-state index contributed by atoms with van der Waals surface area (Å²) < 4.78 is 21.3. The van der Waals surface area contributed by atoms with E-state index in [4.69, 9.17) is 22.9 Å². The zero-order valence-corrected chi connectivity index (χ0v) is 21.8. The minimum Gasteiger partial charge on any atom is -0.493 e. The van der Waals surface area contributed by atoms with Gasteiger partial charge in [0.15, 0.2) is 5.75 Å². The fraction of sp³-hybridized carbons (Fsp3) is 0.259. The Morgan fingerprint density at radius 3 is 2.19 bits per heavy atom. The predicted octanol–water partition coefficient (Wildman–Crippen LogP) is 5.95. The fourth-order valence-electron chi connectivity index (χ4n) is 3.19. The van der Waals surface area contributed by atoms with Gasteiger partial charge in [0.05, 0.1) is 24.3 Å². The molecule has 0 bridgehead atoms. The molecule has 0 unspecified atom stereocenters. The zero-order chi connectivity index (χ0) is 26.8. The van der Waals surface area contributed by atoms with E-state index in [1.54, 1.807) is 43.5 Å². The van der Waals surface area contributed by atoms with Crippen LogP contribution in [-0.2, 0) is 9.07 Å². The molecule has 0 radical (unpaired) electrons. The molecule has 0 saturated carbocycles. The van der Waals surface area contributed by atoms with Crippen LogP contribution in [0.1, 0.15) is 40.1 Å². The number of carbonyl (C=O) groups excluding carboxylic acids is 1. The van der Waals surface area contributed by atoms with Crippen LogP contribution in [0.4, 0.5) is 5.69 Å². The molecule has 0 aromatic heterocycles. The lowest BCUT2D eigenvalue weighted by Crippen LogP contribution is -2.26. The molecule has 10 heteroatoms. The molecule has 9 nitrogen and oxygen atoms in total. The number of aromatic carboxylic acids is 1. The van der Waals surface area contributed by atoms with Gasteiger partial charge in [0, 0.05) is 18.2 Å². The summed E-state index contributed by atoms with van der Waals surface area (Å²) in [5, 5.41) is 12.2. The first kappa shape index (κ1) is 27.9. The highest BCUT2D eigenvalue weighted by Crippen LogP contribution is 2.25. The monoisotopic (exact) mass is 527 g/mol. The number of aryl methyl sites for hydroxylation is 1. The second-order valence-corrected chi connectivity index (χ2v) is 9.43. The highest BCUT2D eigenvalue weighted by Gasteiger charge is 2.20. The van der Waals surface area contributed by atoms with E-state index in [9.17, 15) is 14.7 Å². The van der Waals surface area contributed by atoms with E-state index in [2.05, 4.69) is 5.32 Å². The number of nitrogens with one attached hydrogen (secondary N) is 1. The summed E-state index contributed by atoms with van der Waals surface area (Å²) in [6.07, 6.45) is 0. The number of benzene rings is 3. The summed E-state index contributed by atoms with van der Waals surface area (Å²) in [6, 6.07) is 18.0. The number of carboxylic acids is 1. The average molecular weight is 528 g/mol. The van der Waals surface area contributed by atoms with Gasteiger partial charge in [0.2, 0.25) is 0 Å². The van der Waals surface area contributed by atoms with Gasteiger partial charge in [-0.25, -0.2) is 4.79 Å². The number of hydrogen-bond donors (Lipinski definition) is 2. The Hall–Kier alpha value is -3.73. The maximum atomic E-state index is 12.9.